The number of carbonyl (C=O) groups is 2. The molecule has 120 valence electrons. The topological polar surface area (TPSA) is 72.1 Å². The Morgan fingerprint density at radius 3 is 2.70 bits per heavy atom. The van der Waals surface area contributed by atoms with E-state index in [9.17, 15) is 9.59 Å². The minimum Gasteiger partial charge on any atom is -0.467 e. The first-order valence-corrected chi connectivity index (χ1v) is 7.87. The number of methoxy groups -OCH3 is 1. The number of fused-ring (bicyclic) bond motifs is 1. The second-order valence-electron chi connectivity index (χ2n) is 5.25. The van der Waals surface area contributed by atoms with Gasteiger partial charge in [0.05, 0.1) is 29.5 Å². The van der Waals surface area contributed by atoms with E-state index in [0.29, 0.717) is 27.1 Å². The number of furan rings is 1. The van der Waals surface area contributed by atoms with Crippen molar-refractivity contribution in [3.63, 3.8) is 0 Å². The van der Waals surface area contributed by atoms with E-state index in [-0.39, 0.29) is 5.78 Å². The Hall–Kier alpha value is -2.28. The molecule has 0 aromatic carbocycles. The first-order chi connectivity index (χ1) is 11.0. The van der Waals surface area contributed by atoms with Crippen LogP contribution in [-0.4, -0.2) is 28.9 Å². The summed E-state index contributed by atoms with van der Waals surface area (Å²) < 4.78 is 10.5. The molecule has 0 spiro atoms. The summed E-state index contributed by atoms with van der Waals surface area (Å²) in [5, 5.41) is 0.666. The van der Waals surface area contributed by atoms with Gasteiger partial charge in [-0.3, -0.25) is 4.79 Å². The largest absolute Gasteiger partial charge is 0.467 e. The monoisotopic (exact) mass is 332 g/mol. The van der Waals surface area contributed by atoms with Crippen LogP contribution in [0.2, 0.25) is 0 Å². The molecule has 2 aliphatic rings. The van der Waals surface area contributed by atoms with Crippen LogP contribution in [0.15, 0.2) is 49.7 Å². The van der Waals surface area contributed by atoms with E-state index in [0.717, 1.165) is 5.70 Å². The molecular weight excluding hydrogens is 316 g/mol. The number of carbonyl (C=O) groups excluding carboxylic acids is 2. The standard InChI is InChI=1S/C16H16N2O4S/c1-8-12(15(20)21-4)13(11-6-5-7-22-11)18-9(2)14(10(3)19)23-16(18)17-8/h5-7,13H,1-4H3/t13-/m0/s1. The summed E-state index contributed by atoms with van der Waals surface area (Å²) in [7, 11) is 1.34. The summed E-state index contributed by atoms with van der Waals surface area (Å²) in [6.07, 6.45) is 1.55. The van der Waals surface area contributed by atoms with E-state index >= 15 is 0 Å². The lowest BCUT2D eigenvalue weighted by Gasteiger charge is -2.33. The van der Waals surface area contributed by atoms with Crippen molar-refractivity contribution in [1.29, 1.82) is 0 Å². The molecule has 0 radical (unpaired) electrons. The van der Waals surface area contributed by atoms with Gasteiger partial charge in [-0.1, -0.05) is 0 Å². The van der Waals surface area contributed by atoms with Gasteiger partial charge in [-0.15, -0.1) is 0 Å². The average Bonchev–Trinajstić information content (AvgIpc) is 3.13. The highest BCUT2D eigenvalue weighted by molar-refractivity contribution is 8.18. The molecule has 3 rings (SSSR count). The molecule has 0 N–H and O–H groups in total. The number of nitrogens with zero attached hydrogens (tertiary/aromatic N) is 2. The van der Waals surface area contributed by atoms with Crippen LogP contribution >= 0.6 is 11.8 Å². The molecule has 1 atom stereocenters. The van der Waals surface area contributed by atoms with E-state index in [1.807, 2.05) is 11.8 Å². The zero-order valence-electron chi connectivity index (χ0n) is 13.2. The summed E-state index contributed by atoms with van der Waals surface area (Å²) >= 11 is 1.31. The number of hydrogen-bond acceptors (Lipinski definition) is 7. The molecule has 1 aromatic rings. The van der Waals surface area contributed by atoms with Crippen molar-refractivity contribution in [3.05, 3.63) is 46.0 Å². The van der Waals surface area contributed by atoms with E-state index in [2.05, 4.69) is 4.99 Å². The van der Waals surface area contributed by atoms with Crippen LogP contribution in [0.25, 0.3) is 0 Å². The highest BCUT2D eigenvalue weighted by Gasteiger charge is 2.43. The summed E-state index contributed by atoms with van der Waals surface area (Å²) in [5.41, 5.74) is 1.74. The lowest BCUT2D eigenvalue weighted by molar-refractivity contribution is -0.136. The molecule has 0 bridgehead atoms. The summed E-state index contributed by atoms with van der Waals surface area (Å²) in [6.45, 7) is 5.13. The number of ether oxygens (including phenoxy) is 1. The number of amidine groups is 1. The predicted octanol–water partition coefficient (Wildman–Crippen LogP) is 3.01. The molecular formula is C16H16N2O4S. The van der Waals surface area contributed by atoms with Gasteiger partial charge in [0.1, 0.15) is 11.8 Å². The fraction of sp³-hybridized carbons (Fsp3) is 0.312. The Morgan fingerprint density at radius 2 is 2.13 bits per heavy atom. The van der Waals surface area contributed by atoms with Crippen LogP contribution in [0.4, 0.5) is 0 Å². The Bertz CT molecular complexity index is 774. The highest BCUT2D eigenvalue weighted by atomic mass is 32.2. The van der Waals surface area contributed by atoms with Crippen molar-refractivity contribution in [2.75, 3.05) is 7.11 Å². The van der Waals surface area contributed by atoms with Crippen molar-refractivity contribution < 1.29 is 18.7 Å². The van der Waals surface area contributed by atoms with Crippen molar-refractivity contribution in [3.8, 4) is 0 Å². The maximum Gasteiger partial charge on any atom is 0.338 e. The second-order valence-corrected chi connectivity index (χ2v) is 6.22. The molecule has 3 heterocycles. The zero-order valence-corrected chi connectivity index (χ0v) is 14.1. The number of Topliss-reactive ketones (excluding diaryl/α,β-unsaturated/α-hetero) is 1. The Balaban J connectivity index is 2.19. The fourth-order valence-corrected chi connectivity index (χ4v) is 3.89. The number of ketones is 1. The third kappa shape index (κ3) is 2.41. The molecule has 0 aliphatic carbocycles. The molecule has 2 aliphatic heterocycles. The number of aliphatic imine (C=N–C) groups is 1. The number of rotatable bonds is 3. The smallest absolute Gasteiger partial charge is 0.338 e. The zero-order chi connectivity index (χ0) is 16.7. The van der Waals surface area contributed by atoms with Gasteiger partial charge in [-0.25, -0.2) is 9.79 Å². The van der Waals surface area contributed by atoms with Crippen LogP contribution in [-0.2, 0) is 14.3 Å². The lowest BCUT2D eigenvalue weighted by atomic mass is 9.99. The SMILES string of the molecule is COC(=O)C1=C(C)N=C2SC(C(C)=O)=C(C)N2[C@H]1c1ccco1. The minimum atomic E-state index is -0.491. The predicted molar refractivity (Wildman–Crippen MR) is 86.4 cm³/mol. The second kappa shape index (κ2) is 5.73. The van der Waals surface area contributed by atoms with Crippen LogP contribution in [0.3, 0.4) is 0 Å². The van der Waals surface area contributed by atoms with Gasteiger partial charge in [0, 0.05) is 5.70 Å². The first kappa shape index (κ1) is 15.6. The van der Waals surface area contributed by atoms with Crippen molar-refractivity contribution in [1.82, 2.24) is 4.90 Å². The number of allylic oxidation sites excluding steroid dienone is 3. The summed E-state index contributed by atoms with van der Waals surface area (Å²) in [5.74, 6) is 0.114. The van der Waals surface area contributed by atoms with Gasteiger partial charge in [0.15, 0.2) is 11.0 Å². The van der Waals surface area contributed by atoms with Gasteiger partial charge in [0.25, 0.3) is 0 Å². The number of hydrogen-bond donors (Lipinski definition) is 0. The van der Waals surface area contributed by atoms with E-state index in [4.69, 9.17) is 9.15 Å². The molecule has 0 saturated carbocycles. The average molecular weight is 332 g/mol. The van der Waals surface area contributed by atoms with Crippen molar-refractivity contribution >= 4 is 28.7 Å². The number of esters is 1. The molecule has 23 heavy (non-hydrogen) atoms. The van der Waals surface area contributed by atoms with Gasteiger partial charge in [-0.05, 0) is 44.7 Å². The van der Waals surface area contributed by atoms with Crippen LogP contribution in [0.5, 0.6) is 0 Å². The van der Waals surface area contributed by atoms with Crippen LogP contribution in [0.1, 0.15) is 32.6 Å². The molecule has 7 heteroatoms. The molecule has 0 saturated heterocycles. The first-order valence-electron chi connectivity index (χ1n) is 7.05. The van der Waals surface area contributed by atoms with Crippen LogP contribution in [0, 0.1) is 0 Å². The maximum absolute atomic E-state index is 12.3. The van der Waals surface area contributed by atoms with E-state index in [1.165, 1.54) is 25.8 Å². The Kier molecular flexibility index (Phi) is 3.89. The van der Waals surface area contributed by atoms with Gasteiger partial charge >= 0.3 is 5.97 Å². The van der Waals surface area contributed by atoms with Crippen molar-refractivity contribution in [2.45, 2.75) is 26.8 Å². The number of thioether (sulfide) groups is 1. The van der Waals surface area contributed by atoms with Gasteiger partial charge < -0.3 is 14.1 Å². The van der Waals surface area contributed by atoms with Gasteiger partial charge in [-0.2, -0.15) is 0 Å². The third-order valence-electron chi connectivity index (χ3n) is 3.81. The molecule has 0 amide bonds. The third-order valence-corrected chi connectivity index (χ3v) is 5.07. The van der Waals surface area contributed by atoms with Crippen LogP contribution < -0.4 is 0 Å². The van der Waals surface area contributed by atoms with Crippen molar-refractivity contribution in [2.24, 2.45) is 4.99 Å². The van der Waals surface area contributed by atoms with Gasteiger partial charge in [0.2, 0.25) is 0 Å². The highest BCUT2D eigenvalue weighted by Crippen LogP contribution is 2.46. The molecule has 6 nitrogen and oxygen atoms in total. The molecule has 0 unspecified atom stereocenters. The van der Waals surface area contributed by atoms with E-state index < -0.39 is 12.0 Å². The Labute approximate surface area is 137 Å². The Morgan fingerprint density at radius 1 is 1.39 bits per heavy atom. The quantitative estimate of drug-likeness (QED) is 0.792. The lowest BCUT2D eigenvalue weighted by Crippen LogP contribution is -2.35. The fourth-order valence-electron chi connectivity index (χ4n) is 2.79. The molecule has 0 fully saturated rings. The van der Waals surface area contributed by atoms with E-state index in [1.54, 1.807) is 25.3 Å². The normalized spacial score (nSPS) is 20.6. The minimum absolute atomic E-state index is 0.0277. The molecule has 1 aromatic heterocycles. The maximum atomic E-state index is 12.3. The summed E-state index contributed by atoms with van der Waals surface area (Å²) in [4.78, 5) is 31.1. The summed E-state index contributed by atoms with van der Waals surface area (Å²) in [6, 6.07) is 3.07.